The minimum Gasteiger partial charge on any atom is -0.508 e. The average molecular weight is 722 g/mol. The second kappa shape index (κ2) is 14.8. The van der Waals surface area contributed by atoms with Gasteiger partial charge in [0.25, 0.3) is 5.91 Å². The van der Waals surface area contributed by atoms with Gasteiger partial charge in [-0.15, -0.1) is 0 Å². The Morgan fingerprint density at radius 3 is 2.04 bits per heavy atom. The molecule has 4 aliphatic carbocycles. The number of primary amides is 1. The van der Waals surface area contributed by atoms with E-state index in [1.807, 2.05) is 0 Å². The summed E-state index contributed by atoms with van der Waals surface area (Å²) in [5.41, 5.74) is 2.79. The monoisotopic (exact) mass is 721 g/mol. The van der Waals surface area contributed by atoms with Crippen molar-refractivity contribution >= 4 is 40.5 Å². The lowest BCUT2D eigenvalue weighted by atomic mass is 9.57. The van der Waals surface area contributed by atoms with E-state index in [9.17, 15) is 39.6 Å². The van der Waals surface area contributed by atoms with Gasteiger partial charge in [-0.3, -0.25) is 29.0 Å². The Kier molecular flexibility index (Phi) is 10.8. The highest BCUT2D eigenvalue weighted by Gasteiger charge is 2.64. The molecule has 1 saturated heterocycles. The Labute approximate surface area is 305 Å². The molecule has 0 aromatic heterocycles. The summed E-state index contributed by atoms with van der Waals surface area (Å²) < 4.78 is 0. The number of anilines is 2. The number of hydrogen-bond acceptors (Lipinski definition) is 11. The fourth-order valence-electron chi connectivity index (χ4n) is 9.50. The summed E-state index contributed by atoms with van der Waals surface area (Å²) in [5, 5.41) is 49.4. The van der Waals surface area contributed by atoms with Crippen LogP contribution in [0.2, 0.25) is 0 Å². The largest absolute Gasteiger partial charge is 0.508 e. The summed E-state index contributed by atoms with van der Waals surface area (Å²) in [6, 6.07) is 0.965. The number of phenols is 1. The van der Waals surface area contributed by atoms with E-state index in [2.05, 4.69) is 10.2 Å². The minimum atomic E-state index is -2.72. The maximum absolute atomic E-state index is 14.3. The Balaban J connectivity index is 1.28. The Morgan fingerprint density at radius 2 is 1.50 bits per heavy atom. The number of rotatable bonds is 6. The molecule has 1 heterocycles. The first-order valence-corrected chi connectivity index (χ1v) is 18.9. The van der Waals surface area contributed by atoms with Crippen molar-refractivity contribution in [1.82, 2.24) is 9.80 Å². The molecule has 2 amide bonds. The molecule has 0 bridgehead atoms. The third-order valence-electron chi connectivity index (χ3n) is 12.3. The number of ketones is 2. The summed E-state index contributed by atoms with van der Waals surface area (Å²) in [6.07, 6.45) is 13.9. The highest BCUT2D eigenvalue weighted by molar-refractivity contribution is 6.24. The molecular formula is C39H55N5O8. The van der Waals surface area contributed by atoms with E-state index in [1.54, 1.807) is 39.2 Å². The topological polar surface area (TPSA) is 197 Å². The molecule has 0 radical (unpaired) electrons. The molecule has 3 fully saturated rings. The second-order valence-corrected chi connectivity index (χ2v) is 16.1. The van der Waals surface area contributed by atoms with Crippen LogP contribution < -0.4 is 16.0 Å². The molecule has 6 rings (SSSR count). The summed E-state index contributed by atoms with van der Waals surface area (Å²) >= 11 is 0. The Bertz CT molecular complexity index is 1680. The zero-order chi connectivity index (χ0) is 37.6. The van der Waals surface area contributed by atoms with Crippen LogP contribution in [0, 0.1) is 17.8 Å². The minimum absolute atomic E-state index is 0.00292. The zero-order valence-corrected chi connectivity index (χ0v) is 30.9. The fourth-order valence-corrected chi connectivity index (χ4v) is 9.50. The lowest BCUT2D eigenvalue weighted by molar-refractivity contribution is -0.153. The van der Waals surface area contributed by atoms with Gasteiger partial charge in [-0.2, -0.15) is 0 Å². The van der Waals surface area contributed by atoms with Gasteiger partial charge >= 0.3 is 0 Å². The van der Waals surface area contributed by atoms with Crippen molar-refractivity contribution in [3.8, 4) is 5.75 Å². The molecule has 1 aliphatic heterocycles. The number of carbonyl (C=O) groups excluding carboxylic acids is 4. The predicted molar refractivity (Wildman–Crippen MR) is 197 cm³/mol. The van der Waals surface area contributed by atoms with E-state index >= 15 is 0 Å². The Hall–Kier alpha value is -3.94. The zero-order valence-electron chi connectivity index (χ0n) is 30.9. The van der Waals surface area contributed by atoms with Gasteiger partial charge < -0.3 is 36.4 Å². The van der Waals surface area contributed by atoms with Gasteiger partial charge in [-0.05, 0) is 57.3 Å². The molecule has 5 aliphatic rings. The molecule has 13 nitrogen and oxygen atoms in total. The van der Waals surface area contributed by atoms with E-state index in [4.69, 9.17) is 5.73 Å². The number of Topliss-reactive ketones (excluding diaryl/α,β-unsaturated/α-hetero) is 2. The molecule has 0 spiro atoms. The third kappa shape index (κ3) is 6.49. The number of hydrogen-bond donors (Lipinski definition) is 6. The number of fused-ring (bicyclic) bond motifs is 3. The number of aliphatic hydroxyl groups excluding tert-OH is 2. The van der Waals surface area contributed by atoms with Gasteiger partial charge in [0.15, 0.2) is 11.4 Å². The lowest BCUT2D eigenvalue weighted by Crippen LogP contribution is -2.65. The number of benzene rings is 1. The predicted octanol–water partition coefficient (Wildman–Crippen LogP) is 3.57. The number of nitrogens with one attached hydrogen (secondary N) is 1. The molecule has 7 N–H and O–H groups in total. The maximum Gasteiger partial charge on any atom is 0.255 e. The summed E-state index contributed by atoms with van der Waals surface area (Å²) in [6.45, 7) is 1.27. The van der Waals surface area contributed by atoms with Crippen molar-refractivity contribution in [3.05, 3.63) is 34.1 Å². The molecule has 1 aromatic rings. The first-order valence-electron chi connectivity index (χ1n) is 18.9. The summed E-state index contributed by atoms with van der Waals surface area (Å²) in [7, 11) is 6.72. The highest BCUT2D eigenvalue weighted by atomic mass is 16.3. The van der Waals surface area contributed by atoms with E-state index < -0.39 is 63.8 Å². The maximum atomic E-state index is 14.3. The number of carbonyl (C=O) groups is 4. The van der Waals surface area contributed by atoms with Crippen molar-refractivity contribution in [2.75, 3.05) is 51.5 Å². The fraction of sp³-hybridized carbons (Fsp3) is 0.641. The van der Waals surface area contributed by atoms with Crippen LogP contribution in [0.1, 0.15) is 88.2 Å². The molecule has 1 unspecified atom stereocenters. The quantitative estimate of drug-likeness (QED) is 0.186. The number of likely N-dealkylation sites (N-methyl/N-ethyl adjacent to an activating group) is 1. The molecule has 13 heteroatoms. The van der Waals surface area contributed by atoms with Crippen LogP contribution >= 0.6 is 0 Å². The molecule has 4 atom stereocenters. The second-order valence-electron chi connectivity index (χ2n) is 16.1. The van der Waals surface area contributed by atoms with Gasteiger partial charge in [0, 0.05) is 50.4 Å². The smallest absolute Gasteiger partial charge is 0.255 e. The van der Waals surface area contributed by atoms with Crippen molar-refractivity contribution in [3.63, 3.8) is 0 Å². The van der Waals surface area contributed by atoms with Crippen LogP contribution in [0.3, 0.4) is 0 Å². The average Bonchev–Trinajstić information content (AvgIpc) is 3.04. The van der Waals surface area contributed by atoms with E-state index in [0.717, 1.165) is 12.8 Å². The van der Waals surface area contributed by atoms with Gasteiger partial charge in [-0.1, -0.05) is 57.8 Å². The number of phenolic OH excluding ortho intramolecular Hbond substituents is 1. The standard InChI is InChI=1S/C39H55N5O8/c1-42(2)27-18-26(41-38(51)22-19-44(20-22)23-14-12-10-8-6-5-7-9-11-13-15-23)32(45)29-24(27)16-21-17-25-31(43(3)4)34(47)30(37(40)50)36(49)39(25,52)35(48)28(21)33(29)46/h18,21-23,25,31,45-46,49,52H,5-17,19-20H2,1-4H3,(H2,40,50)(H,41,51)/t21-,25?,31-,39-/m0/s1. The number of nitrogens with zero attached hydrogens (tertiary/aromatic N) is 3. The van der Waals surface area contributed by atoms with Gasteiger partial charge in [0.05, 0.1) is 23.2 Å². The van der Waals surface area contributed by atoms with Crippen LogP contribution in [0.15, 0.2) is 23.0 Å². The molecule has 2 saturated carbocycles. The number of amides is 2. The van der Waals surface area contributed by atoms with Gasteiger partial charge in [-0.25, -0.2) is 0 Å². The van der Waals surface area contributed by atoms with Crippen molar-refractivity contribution in [1.29, 1.82) is 0 Å². The molecule has 284 valence electrons. The van der Waals surface area contributed by atoms with Crippen molar-refractivity contribution in [2.45, 2.75) is 101 Å². The first-order chi connectivity index (χ1) is 24.7. The number of aliphatic hydroxyl groups is 3. The normalized spacial score (nSPS) is 28.3. The van der Waals surface area contributed by atoms with Crippen LogP contribution in [-0.2, 0) is 25.6 Å². The van der Waals surface area contributed by atoms with Crippen LogP contribution in [0.4, 0.5) is 11.4 Å². The first kappa shape index (κ1) is 37.8. The molecule has 1 aromatic carbocycles. The lowest BCUT2D eigenvalue weighted by Gasteiger charge is -2.50. The van der Waals surface area contributed by atoms with Crippen LogP contribution in [0.25, 0.3) is 5.76 Å². The number of aromatic hydroxyl groups is 1. The van der Waals surface area contributed by atoms with Crippen molar-refractivity contribution in [2.24, 2.45) is 23.5 Å². The Morgan fingerprint density at radius 1 is 0.923 bits per heavy atom. The van der Waals surface area contributed by atoms with Gasteiger partial charge in [0.1, 0.15) is 22.8 Å². The molecular weight excluding hydrogens is 666 g/mol. The van der Waals surface area contributed by atoms with Gasteiger partial charge in [0.2, 0.25) is 11.7 Å². The SMILES string of the molecule is CN(C)c1cc(NC(=O)C2CN(C3CCCCCCCCCCC3)C2)c(O)c2c1C[C@H]1CC3[C@H](N(C)C)C(=O)C(C(N)=O)=C(O)[C@@]3(O)C(=O)C1=C2O. The summed E-state index contributed by atoms with van der Waals surface area (Å²) in [4.78, 5) is 59.2. The third-order valence-corrected chi connectivity index (χ3v) is 12.3. The highest BCUT2D eigenvalue weighted by Crippen LogP contribution is 2.54. The van der Waals surface area contributed by atoms with E-state index in [0.29, 0.717) is 30.4 Å². The summed E-state index contributed by atoms with van der Waals surface area (Å²) in [5.74, 6) is -7.67. The van der Waals surface area contributed by atoms with E-state index in [-0.39, 0.29) is 41.5 Å². The molecule has 52 heavy (non-hydrogen) atoms. The van der Waals surface area contributed by atoms with Crippen molar-refractivity contribution < 1.29 is 39.6 Å². The van der Waals surface area contributed by atoms with Crippen LogP contribution in [-0.4, -0.2) is 113 Å². The van der Waals surface area contributed by atoms with E-state index in [1.165, 1.54) is 62.7 Å². The van der Waals surface area contributed by atoms with Crippen LogP contribution in [0.5, 0.6) is 5.75 Å². The number of nitrogens with two attached hydrogens (primary N) is 1. The number of likely N-dealkylation sites (tertiary alicyclic amines) is 1.